The molecule has 0 aliphatic rings. The minimum absolute atomic E-state index is 0.0196. The van der Waals surface area contributed by atoms with Gasteiger partial charge < -0.3 is 15.1 Å². The highest BCUT2D eigenvalue weighted by Crippen LogP contribution is 2.19. The summed E-state index contributed by atoms with van der Waals surface area (Å²) in [5.74, 6) is 0.853. The molecule has 0 aliphatic carbocycles. The van der Waals surface area contributed by atoms with Gasteiger partial charge >= 0.3 is 0 Å². The van der Waals surface area contributed by atoms with Gasteiger partial charge in [-0.2, -0.15) is 0 Å². The van der Waals surface area contributed by atoms with Gasteiger partial charge in [0.15, 0.2) is 12.3 Å². The van der Waals surface area contributed by atoms with E-state index in [9.17, 15) is 4.79 Å². The van der Waals surface area contributed by atoms with E-state index >= 15 is 0 Å². The second-order valence-electron chi connectivity index (χ2n) is 4.75. The summed E-state index contributed by atoms with van der Waals surface area (Å²) in [6.45, 7) is 4.34. The van der Waals surface area contributed by atoms with Crippen LogP contribution in [0.2, 0.25) is 0 Å². The molecule has 1 aromatic heterocycles. The Morgan fingerprint density at radius 3 is 2.90 bits per heavy atom. The number of rotatable bonds is 5. The van der Waals surface area contributed by atoms with Crippen molar-refractivity contribution in [3.05, 3.63) is 52.4 Å². The standard InChI is InChI=1S/C15H17BrN2O2/c1-10-8-12(16)5-6-13(10)18-15(19)9-17-11(2)14-4-3-7-20-14/h3-8,11,17H,9H2,1-2H3,(H,18,19)/p+1/t11-/m0/s1. The highest BCUT2D eigenvalue weighted by molar-refractivity contribution is 9.10. The summed E-state index contributed by atoms with van der Waals surface area (Å²) in [7, 11) is 0. The van der Waals surface area contributed by atoms with Gasteiger partial charge in [-0.05, 0) is 49.7 Å². The molecule has 4 nitrogen and oxygen atoms in total. The van der Waals surface area contributed by atoms with E-state index in [2.05, 4.69) is 21.2 Å². The third-order valence-electron chi connectivity index (χ3n) is 3.11. The molecule has 3 N–H and O–H groups in total. The van der Waals surface area contributed by atoms with Crippen molar-refractivity contribution >= 4 is 27.5 Å². The summed E-state index contributed by atoms with van der Waals surface area (Å²) < 4.78 is 6.32. The second-order valence-corrected chi connectivity index (χ2v) is 5.67. The molecule has 0 spiro atoms. The molecule has 1 amide bonds. The Bertz CT molecular complexity index is 582. The van der Waals surface area contributed by atoms with Gasteiger partial charge in [0.2, 0.25) is 0 Å². The fourth-order valence-electron chi connectivity index (χ4n) is 1.92. The van der Waals surface area contributed by atoms with E-state index in [-0.39, 0.29) is 11.9 Å². The van der Waals surface area contributed by atoms with Crippen LogP contribution in [0.25, 0.3) is 0 Å². The van der Waals surface area contributed by atoms with Crippen molar-refractivity contribution in [2.75, 3.05) is 11.9 Å². The molecule has 0 radical (unpaired) electrons. The molecule has 1 aromatic carbocycles. The van der Waals surface area contributed by atoms with E-state index in [0.717, 1.165) is 21.5 Å². The van der Waals surface area contributed by atoms with Crippen LogP contribution in [-0.2, 0) is 4.79 Å². The van der Waals surface area contributed by atoms with Crippen LogP contribution in [0.4, 0.5) is 5.69 Å². The number of amides is 1. The van der Waals surface area contributed by atoms with Crippen LogP contribution in [-0.4, -0.2) is 12.5 Å². The highest BCUT2D eigenvalue weighted by Gasteiger charge is 2.14. The lowest BCUT2D eigenvalue weighted by Gasteiger charge is -2.10. The Morgan fingerprint density at radius 1 is 1.45 bits per heavy atom. The number of carbonyl (C=O) groups is 1. The van der Waals surface area contributed by atoms with Gasteiger partial charge in [0.05, 0.1) is 6.26 Å². The number of halogens is 1. The molecule has 2 rings (SSSR count). The van der Waals surface area contributed by atoms with Crippen LogP contribution in [0.15, 0.2) is 45.5 Å². The molecule has 0 unspecified atom stereocenters. The van der Waals surface area contributed by atoms with E-state index in [0.29, 0.717) is 6.54 Å². The maximum absolute atomic E-state index is 11.9. The SMILES string of the molecule is Cc1cc(Br)ccc1NC(=O)C[NH2+][C@@H](C)c1ccco1. The van der Waals surface area contributed by atoms with Crippen molar-refractivity contribution in [3.8, 4) is 0 Å². The topological polar surface area (TPSA) is 58.9 Å². The lowest BCUT2D eigenvalue weighted by atomic mass is 10.2. The quantitative estimate of drug-likeness (QED) is 0.880. The number of furan rings is 1. The van der Waals surface area contributed by atoms with Crippen LogP contribution < -0.4 is 10.6 Å². The predicted molar refractivity (Wildman–Crippen MR) is 81.4 cm³/mol. The van der Waals surface area contributed by atoms with Gasteiger partial charge in [-0.15, -0.1) is 0 Å². The van der Waals surface area contributed by atoms with Gasteiger partial charge in [0.1, 0.15) is 6.04 Å². The normalized spacial score (nSPS) is 12.2. The van der Waals surface area contributed by atoms with Crippen LogP contribution in [0.5, 0.6) is 0 Å². The van der Waals surface area contributed by atoms with Crippen LogP contribution in [0.3, 0.4) is 0 Å². The van der Waals surface area contributed by atoms with Gasteiger partial charge in [-0.3, -0.25) is 4.79 Å². The number of aryl methyl sites for hydroxylation is 1. The molecule has 5 heteroatoms. The van der Waals surface area contributed by atoms with Crippen molar-refractivity contribution in [2.45, 2.75) is 19.9 Å². The second kappa shape index (κ2) is 6.72. The number of nitrogens with one attached hydrogen (secondary N) is 1. The van der Waals surface area contributed by atoms with Crippen LogP contribution in [0.1, 0.15) is 24.3 Å². The lowest BCUT2D eigenvalue weighted by Crippen LogP contribution is -2.86. The number of hydrogen-bond donors (Lipinski definition) is 2. The van der Waals surface area contributed by atoms with Gasteiger partial charge in [0, 0.05) is 10.2 Å². The van der Waals surface area contributed by atoms with E-state index in [1.165, 1.54) is 0 Å². The Kier molecular flexibility index (Phi) is 4.98. The first-order valence-electron chi connectivity index (χ1n) is 6.49. The Labute approximate surface area is 126 Å². The summed E-state index contributed by atoms with van der Waals surface area (Å²) in [4.78, 5) is 11.9. The molecular formula is C15H18BrN2O2+. The van der Waals surface area contributed by atoms with E-state index < -0.39 is 0 Å². The maximum Gasteiger partial charge on any atom is 0.279 e. The number of nitrogens with two attached hydrogens (primary N) is 1. The van der Waals surface area contributed by atoms with E-state index in [1.807, 2.05) is 49.5 Å². The molecule has 2 aromatic rings. The Hall–Kier alpha value is -1.59. The zero-order chi connectivity index (χ0) is 14.5. The molecule has 0 saturated carbocycles. The average molecular weight is 338 g/mol. The number of benzene rings is 1. The molecule has 0 fully saturated rings. The minimum atomic E-state index is -0.0196. The number of hydrogen-bond acceptors (Lipinski definition) is 2. The van der Waals surface area contributed by atoms with Gasteiger partial charge in [-0.1, -0.05) is 15.9 Å². The summed E-state index contributed by atoms with van der Waals surface area (Å²) in [5, 5.41) is 4.86. The largest absolute Gasteiger partial charge is 0.463 e. The third-order valence-corrected chi connectivity index (χ3v) is 3.60. The summed E-state index contributed by atoms with van der Waals surface area (Å²) in [5.41, 5.74) is 1.88. The molecule has 0 aliphatic heterocycles. The number of quaternary nitrogens is 1. The van der Waals surface area contributed by atoms with Crippen molar-refractivity contribution in [1.82, 2.24) is 0 Å². The van der Waals surface area contributed by atoms with E-state index in [4.69, 9.17) is 4.42 Å². The monoisotopic (exact) mass is 337 g/mol. The Morgan fingerprint density at radius 2 is 2.25 bits per heavy atom. The summed E-state index contributed by atoms with van der Waals surface area (Å²) >= 11 is 3.41. The van der Waals surface area contributed by atoms with Gasteiger partial charge in [-0.25, -0.2) is 0 Å². The zero-order valence-corrected chi connectivity index (χ0v) is 13.1. The lowest BCUT2D eigenvalue weighted by molar-refractivity contribution is -0.684. The molecule has 1 heterocycles. The highest BCUT2D eigenvalue weighted by atomic mass is 79.9. The molecule has 106 valence electrons. The average Bonchev–Trinajstić information content (AvgIpc) is 2.93. The fourth-order valence-corrected chi connectivity index (χ4v) is 2.39. The first-order valence-corrected chi connectivity index (χ1v) is 7.28. The summed E-state index contributed by atoms with van der Waals surface area (Å²) in [6, 6.07) is 9.68. The Balaban J connectivity index is 1.86. The number of carbonyl (C=O) groups excluding carboxylic acids is 1. The smallest absolute Gasteiger partial charge is 0.279 e. The van der Waals surface area contributed by atoms with Crippen LogP contribution in [0, 0.1) is 6.92 Å². The van der Waals surface area contributed by atoms with Crippen molar-refractivity contribution in [3.63, 3.8) is 0 Å². The number of anilines is 1. The predicted octanol–water partition coefficient (Wildman–Crippen LogP) is 2.61. The van der Waals surface area contributed by atoms with Gasteiger partial charge in [0.25, 0.3) is 5.91 Å². The van der Waals surface area contributed by atoms with Crippen molar-refractivity contribution in [1.29, 1.82) is 0 Å². The summed E-state index contributed by atoms with van der Waals surface area (Å²) in [6.07, 6.45) is 1.64. The zero-order valence-electron chi connectivity index (χ0n) is 11.5. The molecule has 1 atom stereocenters. The third kappa shape index (κ3) is 3.95. The van der Waals surface area contributed by atoms with Crippen LogP contribution >= 0.6 is 15.9 Å². The first kappa shape index (κ1) is 14.8. The fraction of sp³-hybridized carbons (Fsp3) is 0.267. The molecule has 20 heavy (non-hydrogen) atoms. The molecule has 0 saturated heterocycles. The van der Waals surface area contributed by atoms with E-state index in [1.54, 1.807) is 6.26 Å². The van der Waals surface area contributed by atoms with Crippen molar-refractivity contribution in [2.24, 2.45) is 0 Å². The molecule has 0 bridgehead atoms. The first-order chi connectivity index (χ1) is 9.56. The minimum Gasteiger partial charge on any atom is -0.463 e. The maximum atomic E-state index is 11.9. The van der Waals surface area contributed by atoms with Crippen molar-refractivity contribution < 1.29 is 14.5 Å². The molecular weight excluding hydrogens is 320 g/mol.